The monoisotopic (exact) mass is 210 g/mol. The van der Waals surface area contributed by atoms with Crippen LogP contribution in [0.2, 0.25) is 0 Å². The van der Waals surface area contributed by atoms with Gasteiger partial charge in [-0.3, -0.25) is 15.0 Å². The van der Waals surface area contributed by atoms with Crippen LogP contribution in [0, 0.1) is 5.82 Å². The molecule has 0 aliphatic carbocycles. The molecule has 6 heteroatoms. The number of hydrogen-bond donors (Lipinski definition) is 2. The zero-order valence-corrected chi connectivity index (χ0v) is 7.76. The molecule has 5 nitrogen and oxygen atoms in total. The van der Waals surface area contributed by atoms with Crippen LogP contribution >= 0.6 is 0 Å². The molecule has 1 heterocycles. The maximum absolute atomic E-state index is 13.4. The average molecular weight is 210 g/mol. The topological polar surface area (TPSA) is 75.0 Å². The van der Waals surface area contributed by atoms with Gasteiger partial charge in [-0.25, -0.2) is 9.18 Å². The predicted octanol–water partition coefficient (Wildman–Crippen LogP) is 0.782. The molecule has 0 bridgehead atoms. The van der Waals surface area contributed by atoms with Crippen molar-refractivity contribution in [3.05, 3.63) is 33.9 Å². The highest BCUT2D eigenvalue weighted by molar-refractivity contribution is 5.94. The molecule has 78 valence electrons. The van der Waals surface area contributed by atoms with Crippen molar-refractivity contribution < 1.29 is 13.9 Å². The maximum Gasteiger partial charge on any atom is 0.338 e. The van der Waals surface area contributed by atoms with Crippen LogP contribution in [-0.2, 0) is 4.74 Å². The van der Waals surface area contributed by atoms with Crippen LogP contribution in [0.1, 0.15) is 10.4 Å². The molecule has 0 aliphatic heterocycles. The third-order valence-electron chi connectivity index (χ3n) is 2.05. The Morgan fingerprint density at radius 1 is 1.40 bits per heavy atom. The molecule has 1 aromatic carbocycles. The number of benzene rings is 1. The number of esters is 1. The van der Waals surface area contributed by atoms with Gasteiger partial charge in [0.05, 0.1) is 18.2 Å². The smallest absolute Gasteiger partial charge is 0.338 e. The predicted molar refractivity (Wildman–Crippen MR) is 50.2 cm³/mol. The highest BCUT2D eigenvalue weighted by Gasteiger charge is 2.13. The van der Waals surface area contributed by atoms with Gasteiger partial charge in [0.1, 0.15) is 11.2 Å². The highest BCUT2D eigenvalue weighted by atomic mass is 19.1. The number of halogens is 1. The quantitative estimate of drug-likeness (QED) is 0.683. The molecule has 0 saturated heterocycles. The van der Waals surface area contributed by atoms with Gasteiger partial charge in [-0.1, -0.05) is 0 Å². The zero-order valence-electron chi connectivity index (χ0n) is 7.76. The van der Waals surface area contributed by atoms with E-state index in [4.69, 9.17) is 0 Å². The van der Waals surface area contributed by atoms with Gasteiger partial charge in [0.15, 0.2) is 0 Å². The number of ether oxygens (including phenoxy) is 1. The number of hydrogen-bond acceptors (Lipinski definition) is 3. The van der Waals surface area contributed by atoms with Gasteiger partial charge in [-0.2, -0.15) is 0 Å². The molecule has 0 atom stereocenters. The Morgan fingerprint density at radius 2 is 2.13 bits per heavy atom. The summed E-state index contributed by atoms with van der Waals surface area (Å²) in [5, 5.41) is 4.60. The molecular formula is C9H7FN2O3. The molecule has 0 spiro atoms. The molecular weight excluding hydrogens is 203 g/mol. The van der Waals surface area contributed by atoms with Gasteiger partial charge in [-0.15, -0.1) is 0 Å². The van der Waals surface area contributed by atoms with Gasteiger partial charge in [0.25, 0.3) is 5.56 Å². The van der Waals surface area contributed by atoms with Crippen LogP contribution in [-0.4, -0.2) is 23.3 Å². The van der Waals surface area contributed by atoms with Gasteiger partial charge >= 0.3 is 5.97 Å². The number of H-pyrrole nitrogens is 2. The number of aromatic amines is 2. The minimum absolute atomic E-state index is 0.0535. The Kier molecular flexibility index (Phi) is 2.03. The molecule has 2 rings (SSSR count). The fourth-order valence-corrected chi connectivity index (χ4v) is 1.36. The minimum Gasteiger partial charge on any atom is -0.465 e. The van der Waals surface area contributed by atoms with Crippen molar-refractivity contribution >= 4 is 16.9 Å². The third-order valence-corrected chi connectivity index (χ3v) is 2.05. The van der Waals surface area contributed by atoms with Crippen molar-refractivity contribution in [2.45, 2.75) is 0 Å². The Hall–Kier alpha value is -2.11. The van der Waals surface area contributed by atoms with Crippen LogP contribution in [0.3, 0.4) is 0 Å². The summed E-state index contributed by atoms with van der Waals surface area (Å²) >= 11 is 0. The first kappa shape index (κ1) is 9.45. The summed E-state index contributed by atoms with van der Waals surface area (Å²) < 4.78 is 17.8. The first-order valence-corrected chi connectivity index (χ1v) is 4.11. The van der Waals surface area contributed by atoms with Crippen molar-refractivity contribution in [2.24, 2.45) is 0 Å². The molecule has 1 aromatic heterocycles. The average Bonchev–Trinajstić information content (AvgIpc) is 2.59. The van der Waals surface area contributed by atoms with Gasteiger partial charge in [-0.05, 0) is 12.1 Å². The molecule has 2 aromatic rings. The minimum atomic E-state index is -0.754. The summed E-state index contributed by atoms with van der Waals surface area (Å²) in [5.74, 6) is -1.41. The fourth-order valence-electron chi connectivity index (χ4n) is 1.36. The molecule has 0 amide bonds. The summed E-state index contributed by atoms with van der Waals surface area (Å²) in [5.41, 5.74) is -0.267. The van der Waals surface area contributed by atoms with E-state index in [9.17, 15) is 14.0 Å². The van der Waals surface area contributed by atoms with Crippen LogP contribution in [0.25, 0.3) is 10.9 Å². The molecule has 15 heavy (non-hydrogen) atoms. The van der Waals surface area contributed by atoms with E-state index in [1.165, 1.54) is 13.2 Å². The zero-order chi connectivity index (χ0) is 11.0. The standard InChI is InChI=1S/C9H7FN2O3/c1-15-9(14)4-2-5(10)7-6(3-4)11-12-8(7)13/h2-3H,1H3,(H2,11,12,13). The van der Waals surface area contributed by atoms with Gasteiger partial charge in [0, 0.05) is 0 Å². The second-order valence-electron chi connectivity index (χ2n) is 2.95. The first-order valence-electron chi connectivity index (χ1n) is 4.11. The lowest BCUT2D eigenvalue weighted by atomic mass is 10.1. The molecule has 0 aliphatic rings. The SMILES string of the molecule is COC(=O)c1cc(F)c2c(=O)[nH][nH]c2c1. The largest absolute Gasteiger partial charge is 0.465 e. The van der Waals surface area contributed by atoms with E-state index in [1.54, 1.807) is 0 Å². The Labute approximate surface area is 82.8 Å². The molecule has 0 unspecified atom stereocenters. The number of rotatable bonds is 1. The van der Waals surface area contributed by atoms with Crippen LogP contribution in [0.15, 0.2) is 16.9 Å². The van der Waals surface area contributed by atoms with Crippen molar-refractivity contribution in [1.29, 1.82) is 0 Å². The number of methoxy groups -OCH3 is 1. The van der Waals surface area contributed by atoms with Crippen LogP contribution in [0.5, 0.6) is 0 Å². The van der Waals surface area contributed by atoms with Crippen LogP contribution < -0.4 is 5.56 Å². The lowest BCUT2D eigenvalue weighted by Gasteiger charge is -1.99. The Morgan fingerprint density at radius 3 is 2.80 bits per heavy atom. The normalized spacial score (nSPS) is 10.5. The lowest BCUT2D eigenvalue weighted by molar-refractivity contribution is 0.0600. The van der Waals surface area contributed by atoms with Gasteiger partial charge in [0.2, 0.25) is 0 Å². The molecule has 0 saturated carbocycles. The third kappa shape index (κ3) is 1.39. The number of nitrogens with one attached hydrogen (secondary N) is 2. The highest BCUT2D eigenvalue weighted by Crippen LogP contribution is 2.15. The van der Waals surface area contributed by atoms with Crippen molar-refractivity contribution in [2.75, 3.05) is 7.11 Å². The van der Waals surface area contributed by atoms with E-state index in [1.807, 2.05) is 0 Å². The number of carbonyl (C=O) groups excluding carboxylic acids is 1. The van der Waals surface area contributed by atoms with E-state index in [-0.39, 0.29) is 16.5 Å². The summed E-state index contributed by atoms with van der Waals surface area (Å²) in [6.45, 7) is 0. The van der Waals surface area contributed by atoms with E-state index in [2.05, 4.69) is 14.9 Å². The van der Waals surface area contributed by atoms with E-state index in [0.717, 1.165) is 6.07 Å². The maximum atomic E-state index is 13.4. The molecule has 0 radical (unpaired) electrons. The van der Waals surface area contributed by atoms with Crippen LogP contribution in [0.4, 0.5) is 4.39 Å². The number of fused-ring (bicyclic) bond motifs is 1. The number of aromatic nitrogens is 2. The Bertz CT molecular complexity index is 585. The number of carbonyl (C=O) groups is 1. The van der Waals surface area contributed by atoms with Crippen molar-refractivity contribution in [3.63, 3.8) is 0 Å². The lowest BCUT2D eigenvalue weighted by Crippen LogP contribution is -2.04. The molecule has 0 fully saturated rings. The summed E-state index contributed by atoms with van der Waals surface area (Å²) in [7, 11) is 1.20. The van der Waals surface area contributed by atoms with E-state index >= 15 is 0 Å². The van der Waals surface area contributed by atoms with E-state index < -0.39 is 17.3 Å². The van der Waals surface area contributed by atoms with Crippen molar-refractivity contribution in [1.82, 2.24) is 10.2 Å². The fraction of sp³-hybridized carbons (Fsp3) is 0.111. The summed E-state index contributed by atoms with van der Waals surface area (Å²) in [6.07, 6.45) is 0. The molecule has 2 N–H and O–H groups in total. The first-order chi connectivity index (χ1) is 7.13. The van der Waals surface area contributed by atoms with E-state index in [0.29, 0.717) is 0 Å². The summed E-state index contributed by atoms with van der Waals surface area (Å²) in [4.78, 5) is 22.2. The Balaban J connectivity index is 2.74. The second-order valence-corrected chi connectivity index (χ2v) is 2.95. The van der Waals surface area contributed by atoms with Gasteiger partial charge < -0.3 is 4.74 Å². The second kappa shape index (κ2) is 3.23. The van der Waals surface area contributed by atoms with Crippen molar-refractivity contribution in [3.8, 4) is 0 Å². The summed E-state index contributed by atoms with van der Waals surface area (Å²) in [6, 6.07) is 2.32.